The van der Waals surface area contributed by atoms with Crippen LogP contribution in [-0.2, 0) is 39.8 Å². The van der Waals surface area contributed by atoms with Crippen molar-refractivity contribution in [3.8, 4) is 0 Å². The largest absolute Gasteiger partial charge is 0.445 e. The van der Waals surface area contributed by atoms with Gasteiger partial charge in [0, 0.05) is 13.1 Å². The van der Waals surface area contributed by atoms with Crippen LogP contribution in [0.2, 0.25) is 0 Å². The van der Waals surface area contributed by atoms with E-state index in [-0.39, 0.29) is 19.6 Å². The summed E-state index contributed by atoms with van der Waals surface area (Å²) in [6.07, 6.45) is -11.1. The maximum Gasteiger partial charge on any atom is 0.408 e. The second-order valence-corrected chi connectivity index (χ2v) is 16.9. The Kier molecular flexibility index (Phi) is 16.3. The van der Waals surface area contributed by atoms with Crippen LogP contribution < -0.4 is 27.0 Å². The molecule has 1 aromatic rings. The molecule has 4 rings (SSSR count). The van der Waals surface area contributed by atoms with E-state index in [2.05, 4.69) is 21.3 Å². The Morgan fingerprint density at radius 3 is 2.05 bits per heavy atom. The Labute approximate surface area is 332 Å². The summed E-state index contributed by atoms with van der Waals surface area (Å²) in [5.41, 5.74) is 3.56. The third-order valence-electron chi connectivity index (χ3n) is 9.42. The first-order valence-electron chi connectivity index (χ1n) is 19.3. The van der Waals surface area contributed by atoms with E-state index in [9.17, 15) is 34.1 Å². The molecule has 57 heavy (non-hydrogen) atoms. The van der Waals surface area contributed by atoms with E-state index in [0.29, 0.717) is 24.9 Å². The molecule has 12 atom stereocenters. The minimum Gasteiger partial charge on any atom is -0.445 e. The Morgan fingerprint density at radius 2 is 1.46 bits per heavy atom. The van der Waals surface area contributed by atoms with Gasteiger partial charge in [-0.2, -0.15) is 0 Å². The SMILES string of the molecule is CC(C)(C)OC(=O)N[C@H]1C[C@@H](NC(=O)OCc2ccccc2)C(O[C@H]2OCC(C)(O)[C@H](NC(=O)OC(C)(C)C)C2O)C(O)C1O[C@H]1O[C@H](CNCCF)CCC1N. The topological polar surface area (TPSA) is 251 Å². The molecule has 3 fully saturated rings. The highest BCUT2D eigenvalue weighted by Gasteiger charge is 2.54. The highest BCUT2D eigenvalue weighted by Crippen LogP contribution is 2.33. The number of carbonyl (C=O) groups is 3. The van der Waals surface area contributed by atoms with Crippen LogP contribution in [-0.4, -0.2) is 144 Å². The van der Waals surface area contributed by atoms with E-state index in [1.54, 1.807) is 65.8 Å². The second-order valence-electron chi connectivity index (χ2n) is 16.9. The van der Waals surface area contributed by atoms with E-state index in [4.69, 9.17) is 38.9 Å². The van der Waals surface area contributed by atoms with Gasteiger partial charge in [0.1, 0.15) is 54.5 Å². The number of rotatable bonds is 13. The smallest absolute Gasteiger partial charge is 0.408 e. The van der Waals surface area contributed by atoms with Gasteiger partial charge in [-0.05, 0) is 73.3 Å². The quantitative estimate of drug-likeness (QED) is 0.104. The fraction of sp³-hybridized carbons (Fsp3) is 0.763. The molecule has 2 aliphatic heterocycles. The van der Waals surface area contributed by atoms with Crippen molar-refractivity contribution in [1.29, 1.82) is 0 Å². The van der Waals surface area contributed by atoms with E-state index >= 15 is 0 Å². The van der Waals surface area contributed by atoms with Gasteiger partial charge in [0.15, 0.2) is 12.6 Å². The molecule has 3 amide bonds. The average molecular weight is 816 g/mol. The molecule has 1 aliphatic carbocycles. The Bertz CT molecular complexity index is 1450. The number of nitrogens with two attached hydrogens (primary N) is 1. The van der Waals surface area contributed by atoms with Crippen molar-refractivity contribution >= 4 is 18.3 Å². The standard InChI is InChI=1S/C38H62FN5O13/c1-36(2,3)56-34(48)43-25-17-24(42-33(47)51-19-21-11-9-8-10-12-21)29(26(45)28(25)54-31-23(40)14-13-22(53-31)18-41-16-15-39)55-32-27(46)30(38(7,50)20-52-32)44-35(49)57-37(4,5)6/h8-12,22-32,41,45-46,50H,13-20,40H2,1-7H3,(H,42,47)(H,43,48)(H,44,49)/t22-,23?,24+,25-,26?,27?,28?,29?,30+,31+,32+,38?/m0/s1. The first-order chi connectivity index (χ1) is 26.7. The highest BCUT2D eigenvalue weighted by molar-refractivity contribution is 5.69. The lowest BCUT2D eigenvalue weighted by Gasteiger charge is -2.49. The maximum absolute atomic E-state index is 13.3. The molecule has 1 saturated carbocycles. The number of hydrogen-bond acceptors (Lipinski definition) is 15. The zero-order valence-electron chi connectivity index (χ0n) is 33.8. The fourth-order valence-electron chi connectivity index (χ4n) is 6.77. The number of halogens is 1. The number of amides is 3. The molecule has 6 unspecified atom stereocenters. The number of aliphatic hydroxyl groups is 3. The van der Waals surface area contributed by atoms with Gasteiger partial charge < -0.3 is 75.5 Å². The maximum atomic E-state index is 13.3. The zero-order chi connectivity index (χ0) is 42.1. The lowest BCUT2D eigenvalue weighted by atomic mass is 9.83. The zero-order valence-corrected chi connectivity index (χ0v) is 33.8. The van der Waals surface area contributed by atoms with Gasteiger partial charge >= 0.3 is 18.3 Å². The molecule has 324 valence electrons. The number of alkyl carbamates (subject to hydrolysis) is 3. The van der Waals surface area contributed by atoms with E-state index < -0.39 is 116 Å². The molecule has 1 aromatic carbocycles. The number of benzene rings is 1. The van der Waals surface area contributed by atoms with Gasteiger partial charge in [-0.25, -0.2) is 18.8 Å². The molecule has 0 bridgehead atoms. The van der Waals surface area contributed by atoms with E-state index in [0.717, 1.165) is 0 Å². The van der Waals surface area contributed by atoms with Gasteiger partial charge in [-0.15, -0.1) is 0 Å². The minimum atomic E-state index is -1.79. The Hall–Kier alpha value is -3.40. The summed E-state index contributed by atoms with van der Waals surface area (Å²) in [5, 5.41) is 45.8. The molecular formula is C38H62FN5O13. The molecular weight excluding hydrogens is 753 g/mol. The number of alkyl halides is 1. The number of aliphatic hydroxyl groups excluding tert-OH is 2. The van der Waals surface area contributed by atoms with Crippen molar-refractivity contribution in [3.63, 3.8) is 0 Å². The molecule has 0 aromatic heterocycles. The van der Waals surface area contributed by atoms with Crippen LogP contribution in [0.3, 0.4) is 0 Å². The van der Waals surface area contributed by atoms with Crippen LogP contribution in [0.4, 0.5) is 18.8 Å². The lowest BCUT2D eigenvalue weighted by Crippen LogP contribution is -2.70. The van der Waals surface area contributed by atoms with E-state index in [1.165, 1.54) is 6.92 Å². The summed E-state index contributed by atoms with van der Waals surface area (Å²) in [5.74, 6) is 0. The van der Waals surface area contributed by atoms with Crippen LogP contribution in [0.25, 0.3) is 0 Å². The summed E-state index contributed by atoms with van der Waals surface area (Å²) < 4.78 is 53.7. The Morgan fingerprint density at radius 1 is 0.877 bits per heavy atom. The van der Waals surface area contributed by atoms with Crippen molar-refractivity contribution in [2.75, 3.05) is 26.4 Å². The van der Waals surface area contributed by atoms with Gasteiger partial charge in [-0.3, -0.25) is 0 Å². The second kappa shape index (κ2) is 20.0. The van der Waals surface area contributed by atoms with Gasteiger partial charge in [-0.1, -0.05) is 30.3 Å². The van der Waals surface area contributed by atoms with Crippen molar-refractivity contribution in [2.24, 2.45) is 5.73 Å². The summed E-state index contributed by atoms with van der Waals surface area (Å²) in [6.45, 7) is 10.7. The number of nitrogens with one attached hydrogen (secondary N) is 4. The molecule has 19 heteroatoms. The highest BCUT2D eigenvalue weighted by atomic mass is 19.1. The molecule has 2 saturated heterocycles. The summed E-state index contributed by atoms with van der Waals surface area (Å²) in [7, 11) is 0. The summed E-state index contributed by atoms with van der Waals surface area (Å²) in [4.78, 5) is 39.3. The third kappa shape index (κ3) is 14.1. The van der Waals surface area contributed by atoms with Gasteiger partial charge in [0.25, 0.3) is 0 Å². The van der Waals surface area contributed by atoms with Crippen LogP contribution in [0.15, 0.2) is 30.3 Å². The minimum absolute atomic E-state index is 0.0887. The molecule has 0 radical (unpaired) electrons. The van der Waals surface area contributed by atoms with Crippen molar-refractivity contribution in [2.45, 2.75) is 158 Å². The fourth-order valence-corrected chi connectivity index (χ4v) is 6.77. The van der Waals surface area contributed by atoms with Crippen molar-refractivity contribution < 1.29 is 67.3 Å². The van der Waals surface area contributed by atoms with Crippen molar-refractivity contribution in [3.05, 3.63) is 35.9 Å². The summed E-state index contributed by atoms with van der Waals surface area (Å²) in [6, 6.07) is 4.68. The first kappa shape index (κ1) is 46.3. The predicted octanol–water partition coefficient (Wildman–Crippen LogP) is 1.46. The average Bonchev–Trinajstić information content (AvgIpc) is 3.10. The van der Waals surface area contributed by atoms with Crippen LogP contribution in [0.5, 0.6) is 0 Å². The molecule has 2 heterocycles. The first-order valence-corrected chi connectivity index (χ1v) is 19.3. The molecule has 0 spiro atoms. The third-order valence-corrected chi connectivity index (χ3v) is 9.42. The predicted molar refractivity (Wildman–Crippen MR) is 201 cm³/mol. The molecule has 3 aliphatic rings. The number of ether oxygens (including phenoxy) is 7. The Balaban J connectivity index is 1.64. The lowest BCUT2D eigenvalue weighted by molar-refractivity contribution is -0.308. The van der Waals surface area contributed by atoms with Crippen LogP contribution in [0, 0.1) is 0 Å². The van der Waals surface area contributed by atoms with Crippen molar-refractivity contribution in [1.82, 2.24) is 21.3 Å². The van der Waals surface area contributed by atoms with Crippen LogP contribution >= 0.6 is 0 Å². The monoisotopic (exact) mass is 815 g/mol. The van der Waals surface area contributed by atoms with Gasteiger partial charge in [0.2, 0.25) is 0 Å². The van der Waals surface area contributed by atoms with E-state index in [1.807, 2.05) is 6.07 Å². The summed E-state index contributed by atoms with van der Waals surface area (Å²) >= 11 is 0. The molecule has 9 N–H and O–H groups in total. The normalized spacial score (nSPS) is 33.4. The van der Waals surface area contributed by atoms with Crippen LogP contribution in [0.1, 0.15) is 73.3 Å². The number of carbonyl (C=O) groups excluding carboxylic acids is 3. The van der Waals surface area contributed by atoms with Gasteiger partial charge in [0.05, 0.1) is 36.9 Å². The molecule has 18 nitrogen and oxygen atoms in total. The number of hydrogen-bond donors (Lipinski definition) is 8.